The molecule has 1 atom stereocenters. The van der Waals surface area contributed by atoms with Crippen LogP contribution in [0.2, 0.25) is 0 Å². The number of nitrogens with two attached hydrogens (primary N) is 1. The normalized spacial score (nSPS) is 36.1. The number of ether oxygens (including phenoxy) is 1. The van der Waals surface area contributed by atoms with E-state index in [1.54, 1.807) is 19.1 Å². The summed E-state index contributed by atoms with van der Waals surface area (Å²) in [5.41, 5.74) is 8.93. The molecule has 1 aromatic carbocycles. The van der Waals surface area contributed by atoms with Crippen LogP contribution in [0, 0.1) is 5.41 Å². The van der Waals surface area contributed by atoms with Crippen LogP contribution in [-0.4, -0.2) is 37.0 Å². The van der Waals surface area contributed by atoms with Crippen LogP contribution >= 0.6 is 0 Å². The SMILES string of the molecule is COC1CCC2(CC1)Cc1ccc(C3CC3)cc1[C@@]21N=C(N)N(C)C1=O. The second-order valence-electron chi connectivity index (χ2n) is 8.63. The summed E-state index contributed by atoms with van der Waals surface area (Å²) in [5, 5.41) is 0. The van der Waals surface area contributed by atoms with Gasteiger partial charge >= 0.3 is 0 Å². The van der Waals surface area contributed by atoms with Gasteiger partial charge in [-0.2, -0.15) is 0 Å². The lowest BCUT2D eigenvalue weighted by Gasteiger charge is -2.45. The number of methoxy groups -OCH3 is 1. The first-order chi connectivity index (χ1) is 12.5. The standard InChI is InChI=1S/C21H27N3O2/c1-24-18(25)21(23-19(24)22)17-11-14(13-3-4-13)5-6-15(17)12-20(21)9-7-16(26-2)8-10-20/h5-6,11,13,16H,3-4,7-10,12H2,1-2H3,(H2,22,23)/t16?,20?,21-/m0/s1. The van der Waals surface area contributed by atoms with Crippen molar-refractivity contribution < 1.29 is 9.53 Å². The third-order valence-electron chi connectivity index (χ3n) is 7.33. The minimum Gasteiger partial charge on any atom is -0.381 e. The maximum Gasteiger partial charge on any atom is 0.262 e. The Labute approximate surface area is 154 Å². The summed E-state index contributed by atoms with van der Waals surface area (Å²) < 4.78 is 5.59. The molecule has 2 N–H and O–H groups in total. The van der Waals surface area contributed by atoms with Crippen molar-refractivity contribution in [2.45, 2.75) is 62.5 Å². The number of benzene rings is 1. The van der Waals surface area contributed by atoms with Crippen LogP contribution in [0.5, 0.6) is 0 Å². The average Bonchev–Trinajstić information content (AvgIpc) is 3.43. The summed E-state index contributed by atoms with van der Waals surface area (Å²) in [5.74, 6) is 1.07. The van der Waals surface area contributed by atoms with E-state index in [1.165, 1.54) is 24.0 Å². The molecule has 1 amide bonds. The molecule has 2 spiro atoms. The highest BCUT2D eigenvalue weighted by Crippen LogP contribution is 2.62. The van der Waals surface area contributed by atoms with Gasteiger partial charge in [-0.15, -0.1) is 0 Å². The zero-order valence-electron chi connectivity index (χ0n) is 15.6. The van der Waals surface area contributed by atoms with Gasteiger partial charge in [-0.25, -0.2) is 4.99 Å². The number of hydrogen-bond acceptors (Lipinski definition) is 4. The van der Waals surface area contributed by atoms with Crippen molar-refractivity contribution in [2.75, 3.05) is 14.2 Å². The third-order valence-corrected chi connectivity index (χ3v) is 7.33. The maximum atomic E-state index is 13.5. The summed E-state index contributed by atoms with van der Waals surface area (Å²) in [6.45, 7) is 0. The van der Waals surface area contributed by atoms with Crippen molar-refractivity contribution in [1.82, 2.24) is 4.90 Å². The van der Waals surface area contributed by atoms with Gasteiger partial charge in [-0.1, -0.05) is 18.2 Å². The van der Waals surface area contributed by atoms with Crippen molar-refractivity contribution in [1.29, 1.82) is 0 Å². The van der Waals surface area contributed by atoms with E-state index in [0.717, 1.165) is 37.7 Å². The predicted octanol–water partition coefficient (Wildman–Crippen LogP) is 2.68. The fraction of sp³-hybridized carbons (Fsp3) is 0.619. The zero-order chi connectivity index (χ0) is 18.1. The van der Waals surface area contributed by atoms with Gasteiger partial charge in [-0.05, 0) is 67.6 Å². The molecule has 3 aliphatic carbocycles. The lowest BCUT2D eigenvalue weighted by atomic mass is 9.61. The molecule has 0 unspecified atom stereocenters. The van der Waals surface area contributed by atoms with Crippen LogP contribution in [0.15, 0.2) is 23.2 Å². The van der Waals surface area contributed by atoms with Gasteiger partial charge in [0.1, 0.15) is 0 Å². The number of guanidine groups is 1. The van der Waals surface area contributed by atoms with E-state index in [4.69, 9.17) is 15.5 Å². The van der Waals surface area contributed by atoms with E-state index in [0.29, 0.717) is 18.0 Å². The topological polar surface area (TPSA) is 67.9 Å². The van der Waals surface area contributed by atoms with Gasteiger partial charge in [0.05, 0.1) is 6.10 Å². The minimum atomic E-state index is -0.829. The molecule has 1 aliphatic heterocycles. The van der Waals surface area contributed by atoms with Crippen molar-refractivity contribution in [3.8, 4) is 0 Å². The first-order valence-corrected chi connectivity index (χ1v) is 9.80. The largest absolute Gasteiger partial charge is 0.381 e. The highest BCUT2D eigenvalue weighted by molar-refractivity contribution is 6.08. The molecule has 2 fully saturated rings. The van der Waals surface area contributed by atoms with Gasteiger partial charge in [0.25, 0.3) is 5.91 Å². The second kappa shape index (κ2) is 5.32. The van der Waals surface area contributed by atoms with Crippen LogP contribution in [0.25, 0.3) is 0 Å². The van der Waals surface area contributed by atoms with Crippen molar-refractivity contribution in [2.24, 2.45) is 16.1 Å². The Kier molecular flexibility index (Phi) is 3.34. The third kappa shape index (κ3) is 1.95. The molecule has 4 aliphatic rings. The molecule has 26 heavy (non-hydrogen) atoms. The predicted molar refractivity (Wildman–Crippen MR) is 99.9 cm³/mol. The molecule has 5 nitrogen and oxygen atoms in total. The van der Waals surface area contributed by atoms with Gasteiger partial charge in [0.2, 0.25) is 0 Å². The maximum absolute atomic E-state index is 13.5. The van der Waals surface area contributed by atoms with E-state index in [9.17, 15) is 4.79 Å². The number of hydrogen-bond donors (Lipinski definition) is 1. The lowest BCUT2D eigenvalue weighted by molar-refractivity contribution is -0.137. The van der Waals surface area contributed by atoms with E-state index >= 15 is 0 Å². The van der Waals surface area contributed by atoms with Gasteiger partial charge in [0.15, 0.2) is 11.5 Å². The fourth-order valence-corrected chi connectivity index (χ4v) is 5.61. The molecule has 2 saturated carbocycles. The molecular formula is C21H27N3O2. The average molecular weight is 353 g/mol. The van der Waals surface area contributed by atoms with Crippen LogP contribution in [0.4, 0.5) is 0 Å². The quantitative estimate of drug-likeness (QED) is 0.889. The Morgan fingerprint density at radius 1 is 1.23 bits per heavy atom. The number of rotatable bonds is 2. The number of nitrogens with zero attached hydrogens (tertiary/aromatic N) is 2. The number of carbonyl (C=O) groups is 1. The van der Waals surface area contributed by atoms with E-state index in [-0.39, 0.29) is 11.3 Å². The van der Waals surface area contributed by atoms with Crippen molar-refractivity contribution >= 4 is 11.9 Å². The van der Waals surface area contributed by atoms with Crippen molar-refractivity contribution in [3.63, 3.8) is 0 Å². The van der Waals surface area contributed by atoms with Crippen LogP contribution in [0.1, 0.15) is 61.1 Å². The number of aliphatic imine (C=N–C) groups is 1. The fourth-order valence-electron chi connectivity index (χ4n) is 5.61. The summed E-state index contributed by atoms with van der Waals surface area (Å²) in [7, 11) is 3.54. The highest BCUT2D eigenvalue weighted by atomic mass is 16.5. The van der Waals surface area contributed by atoms with Crippen LogP contribution in [0.3, 0.4) is 0 Å². The van der Waals surface area contributed by atoms with Crippen molar-refractivity contribution in [3.05, 3.63) is 34.9 Å². The van der Waals surface area contributed by atoms with Gasteiger partial charge in [0, 0.05) is 19.6 Å². The Balaban J connectivity index is 1.66. The molecule has 1 aromatic rings. The Morgan fingerprint density at radius 2 is 1.96 bits per heavy atom. The smallest absolute Gasteiger partial charge is 0.262 e. The van der Waals surface area contributed by atoms with E-state index in [1.807, 2.05) is 0 Å². The molecule has 5 rings (SSSR count). The van der Waals surface area contributed by atoms with E-state index < -0.39 is 5.54 Å². The molecular weight excluding hydrogens is 326 g/mol. The van der Waals surface area contributed by atoms with Gasteiger partial charge < -0.3 is 10.5 Å². The Morgan fingerprint density at radius 3 is 2.54 bits per heavy atom. The molecule has 0 bridgehead atoms. The molecule has 1 heterocycles. The zero-order valence-corrected chi connectivity index (χ0v) is 15.6. The summed E-state index contributed by atoms with van der Waals surface area (Å²) in [4.78, 5) is 20.0. The second-order valence-corrected chi connectivity index (χ2v) is 8.63. The number of likely N-dealkylation sites (N-methyl/N-ethyl adjacent to an activating group) is 1. The first kappa shape index (κ1) is 16.3. The minimum absolute atomic E-state index is 0.0533. The Hall–Kier alpha value is -1.88. The number of amides is 1. The summed E-state index contributed by atoms with van der Waals surface area (Å²) >= 11 is 0. The molecule has 0 aromatic heterocycles. The summed E-state index contributed by atoms with van der Waals surface area (Å²) in [6.07, 6.45) is 7.59. The lowest BCUT2D eigenvalue weighted by Crippen LogP contribution is -2.51. The molecule has 0 saturated heterocycles. The number of fused-ring (bicyclic) bond motifs is 3. The number of carbonyl (C=O) groups excluding carboxylic acids is 1. The highest BCUT2D eigenvalue weighted by Gasteiger charge is 2.66. The van der Waals surface area contributed by atoms with Crippen LogP contribution in [-0.2, 0) is 21.5 Å². The molecule has 5 heteroatoms. The summed E-state index contributed by atoms with van der Waals surface area (Å²) in [6, 6.07) is 6.79. The molecule has 138 valence electrons. The van der Waals surface area contributed by atoms with Crippen LogP contribution < -0.4 is 5.73 Å². The van der Waals surface area contributed by atoms with Gasteiger partial charge in [-0.3, -0.25) is 9.69 Å². The van der Waals surface area contributed by atoms with E-state index in [2.05, 4.69) is 18.2 Å². The first-order valence-electron chi connectivity index (χ1n) is 9.80. The molecule has 0 radical (unpaired) electrons. The Bertz CT molecular complexity index is 805. The monoisotopic (exact) mass is 353 g/mol.